The molecule has 96 valence electrons. The summed E-state index contributed by atoms with van der Waals surface area (Å²) in [7, 11) is 0. The average Bonchev–Trinajstić information content (AvgIpc) is 2.72. The van der Waals surface area contributed by atoms with E-state index >= 15 is 0 Å². The van der Waals surface area contributed by atoms with Crippen LogP contribution < -0.4 is 0 Å². The first-order valence-electron chi connectivity index (χ1n) is 5.35. The van der Waals surface area contributed by atoms with Crippen molar-refractivity contribution in [3.8, 4) is 11.4 Å². The van der Waals surface area contributed by atoms with Gasteiger partial charge in [-0.1, -0.05) is 39.1 Å². The van der Waals surface area contributed by atoms with Crippen molar-refractivity contribution in [1.82, 2.24) is 9.97 Å². The molecule has 1 heterocycles. The predicted octanol–water partition coefficient (Wildman–Crippen LogP) is 6.06. The molecule has 0 bridgehead atoms. The average molecular weight is 421 g/mol. The van der Waals surface area contributed by atoms with Crippen LogP contribution in [0.4, 0.5) is 0 Å². The molecule has 0 aliphatic heterocycles. The second kappa shape index (κ2) is 5.09. The highest BCUT2D eigenvalue weighted by Gasteiger charge is 2.11. The maximum absolute atomic E-state index is 6.20. The first-order valence-corrected chi connectivity index (χ1v) is 7.69. The summed E-state index contributed by atoms with van der Waals surface area (Å²) >= 11 is 19.0. The van der Waals surface area contributed by atoms with E-state index < -0.39 is 0 Å². The number of fused-ring (bicyclic) bond motifs is 1. The zero-order valence-electron chi connectivity index (χ0n) is 9.35. The molecule has 0 unspecified atom stereocenters. The lowest BCUT2D eigenvalue weighted by atomic mass is 10.2. The molecule has 0 saturated heterocycles. The van der Waals surface area contributed by atoms with E-state index in [0.29, 0.717) is 10.0 Å². The molecule has 6 heteroatoms. The van der Waals surface area contributed by atoms with Gasteiger partial charge >= 0.3 is 0 Å². The summed E-state index contributed by atoms with van der Waals surface area (Å²) in [6.07, 6.45) is 0. The Labute approximate surface area is 136 Å². The molecule has 0 amide bonds. The molecular formula is C13H6Br2Cl2N2. The van der Waals surface area contributed by atoms with Crippen LogP contribution in [0.2, 0.25) is 10.0 Å². The molecule has 0 saturated carbocycles. The summed E-state index contributed by atoms with van der Waals surface area (Å²) in [5.74, 6) is 0.718. The number of halogens is 4. The summed E-state index contributed by atoms with van der Waals surface area (Å²) in [5.41, 5.74) is 2.62. The third-order valence-corrected chi connectivity index (χ3v) is 4.30. The Morgan fingerprint density at radius 3 is 2.58 bits per heavy atom. The molecule has 0 spiro atoms. The van der Waals surface area contributed by atoms with Crippen LogP contribution in [0.15, 0.2) is 39.3 Å². The summed E-state index contributed by atoms with van der Waals surface area (Å²) in [5, 5.41) is 1.18. The number of H-pyrrole nitrogens is 1. The first kappa shape index (κ1) is 13.4. The Kier molecular flexibility index (Phi) is 3.60. The zero-order valence-corrected chi connectivity index (χ0v) is 14.0. The van der Waals surface area contributed by atoms with Crippen LogP contribution in [-0.2, 0) is 0 Å². The topological polar surface area (TPSA) is 28.7 Å². The lowest BCUT2D eigenvalue weighted by Gasteiger charge is -2.00. The van der Waals surface area contributed by atoms with Gasteiger partial charge in [0.1, 0.15) is 11.3 Å². The lowest BCUT2D eigenvalue weighted by molar-refractivity contribution is 1.33. The van der Waals surface area contributed by atoms with Crippen LogP contribution in [0.25, 0.3) is 22.4 Å². The quantitative estimate of drug-likeness (QED) is 0.509. The highest BCUT2D eigenvalue weighted by Crippen LogP contribution is 2.33. The minimum absolute atomic E-state index is 0.571. The number of hydrogen-bond acceptors (Lipinski definition) is 1. The number of imidazole rings is 1. The van der Waals surface area contributed by atoms with E-state index in [9.17, 15) is 0 Å². The molecular weight excluding hydrogens is 415 g/mol. The van der Waals surface area contributed by atoms with E-state index in [4.69, 9.17) is 23.2 Å². The number of nitrogens with one attached hydrogen (secondary N) is 1. The molecule has 0 radical (unpaired) electrons. The first-order chi connectivity index (χ1) is 9.04. The van der Waals surface area contributed by atoms with Crippen LogP contribution in [0, 0.1) is 0 Å². The van der Waals surface area contributed by atoms with Gasteiger partial charge in [0, 0.05) is 19.5 Å². The minimum Gasteiger partial charge on any atom is -0.338 e. The summed E-state index contributed by atoms with van der Waals surface area (Å²) in [6.45, 7) is 0. The molecule has 3 rings (SSSR count). The van der Waals surface area contributed by atoms with Crippen molar-refractivity contribution >= 4 is 66.1 Å². The number of rotatable bonds is 1. The molecule has 19 heavy (non-hydrogen) atoms. The predicted molar refractivity (Wildman–Crippen MR) is 86.9 cm³/mol. The lowest BCUT2D eigenvalue weighted by Crippen LogP contribution is -1.81. The second-order valence-corrected chi connectivity index (χ2v) is 6.61. The fourth-order valence-corrected chi connectivity index (χ4v) is 3.66. The number of aromatic amines is 1. The Bertz CT molecular complexity index is 784. The van der Waals surface area contributed by atoms with Crippen LogP contribution in [0.1, 0.15) is 0 Å². The third kappa shape index (κ3) is 2.55. The van der Waals surface area contributed by atoms with Gasteiger partial charge in [-0.3, -0.25) is 0 Å². The number of aromatic nitrogens is 2. The molecule has 2 nitrogen and oxygen atoms in total. The van der Waals surface area contributed by atoms with Gasteiger partial charge in [-0.2, -0.15) is 0 Å². The van der Waals surface area contributed by atoms with Gasteiger partial charge in [0.15, 0.2) is 0 Å². The fourth-order valence-electron chi connectivity index (χ4n) is 1.85. The van der Waals surface area contributed by atoms with Crippen molar-refractivity contribution in [2.45, 2.75) is 0 Å². The highest BCUT2D eigenvalue weighted by atomic mass is 79.9. The SMILES string of the molecule is Clc1ccc(-c2nc3c(Br)cc(Br)cc3[nH]2)c(Cl)c1. The summed E-state index contributed by atoms with van der Waals surface area (Å²) < 4.78 is 1.90. The van der Waals surface area contributed by atoms with E-state index in [-0.39, 0.29) is 0 Å². The Hall–Kier alpha value is -0.550. The van der Waals surface area contributed by atoms with E-state index in [1.54, 1.807) is 12.1 Å². The van der Waals surface area contributed by atoms with E-state index in [2.05, 4.69) is 41.8 Å². The van der Waals surface area contributed by atoms with Gasteiger partial charge in [0.2, 0.25) is 0 Å². The molecule has 2 aromatic carbocycles. The Morgan fingerprint density at radius 1 is 1.05 bits per heavy atom. The van der Waals surface area contributed by atoms with Crippen molar-refractivity contribution in [2.75, 3.05) is 0 Å². The molecule has 1 N–H and O–H groups in total. The molecule has 0 aliphatic rings. The van der Waals surface area contributed by atoms with Crippen molar-refractivity contribution in [3.05, 3.63) is 49.3 Å². The van der Waals surface area contributed by atoms with Crippen LogP contribution in [0.3, 0.4) is 0 Å². The number of nitrogens with zero attached hydrogens (tertiary/aromatic N) is 1. The Balaban J connectivity index is 2.23. The maximum atomic E-state index is 6.20. The standard InChI is InChI=1S/C13H6Br2Cl2N2/c14-6-3-9(15)12-11(4-6)18-13(19-12)8-2-1-7(16)5-10(8)17/h1-5H,(H,18,19). The maximum Gasteiger partial charge on any atom is 0.140 e. The normalized spacial score (nSPS) is 11.2. The van der Waals surface area contributed by atoms with Crippen LogP contribution in [-0.4, -0.2) is 9.97 Å². The largest absolute Gasteiger partial charge is 0.338 e. The van der Waals surface area contributed by atoms with E-state index in [1.165, 1.54) is 0 Å². The van der Waals surface area contributed by atoms with E-state index in [1.807, 2.05) is 18.2 Å². The van der Waals surface area contributed by atoms with Crippen molar-refractivity contribution in [2.24, 2.45) is 0 Å². The van der Waals surface area contributed by atoms with Crippen molar-refractivity contribution in [1.29, 1.82) is 0 Å². The zero-order chi connectivity index (χ0) is 13.6. The molecule has 0 fully saturated rings. The second-order valence-electron chi connectivity index (χ2n) is 3.99. The minimum atomic E-state index is 0.571. The summed E-state index contributed by atoms with van der Waals surface area (Å²) in [6, 6.07) is 9.28. The van der Waals surface area contributed by atoms with Crippen LogP contribution in [0.5, 0.6) is 0 Å². The monoisotopic (exact) mass is 418 g/mol. The van der Waals surface area contributed by atoms with Crippen molar-refractivity contribution in [3.63, 3.8) is 0 Å². The van der Waals surface area contributed by atoms with Gasteiger partial charge in [-0.25, -0.2) is 4.98 Å². The third-order valence-electron chi connectivity index (χ3n) is 2.69. The molecule has 0 aliphatic carbocycles. The van der Waals surface area contributed by atoms with Gasteiger partial charge in [-0.15, -0.1) is 0 Å². The number of hydrogen-bond donors (Lipinski definition) is 1. The van der Waals surface area contributed by atoms with Gasteiger partial charge in [0.25, 0.3) is 0 Å². The van der Waals surface area contributed by atoms with Gasteiger partial charge in [0.05, 0.1) is 10.5 Å². The van der Waals surface area contributed by atoms with Crippen LogP contribution >= 0.6 is 55.1 Å². The Morgan fingerprint density at radius 2 is 1.84 bits per heavy atom. The molecule has 3 aromatic rings. The van der Waals surface area contributed by atoms with Gasteiger partial charge < -0.3 is 4.98 Å². The fraction of sp³-hybridized carbons (Fsp3) is 0. The smallest absolute Gasteiger partial charge is 0.140 e. The van der Waals surface area contributed by atoms with Gasteiger partial charge in [-0.05, 0) is 46.3 Å². The molecule has 0 atom stereocenters. The summed E-state index contributed by atoms with van der Waals surface area (Å²) in [4.78, 5) is 7.82. The van der Waals surface area contributed by atoms with E-state index in [0.717, 1.165) is 31.4 Å². The van der Waals surface area contributed by atoms with Crippen molar-refractivity contribution < 1.29 is 0 Å². The number of benzene rings is 2. The highest BCUT2D eigenvalue weighted by molar-refractivity contribution is 9.11. The molecule has 1 aromatic heterocycles.